The second kappa shape index (κ2) is 5.64. The SMILES string of the molecule is CSc1sc(C(=O)NC2CN3CCC2CC3)cc1Cl. The van der Waals surface area contributed by atoms with Crippen LogP contribution in [0.5, 0.6) is 0 Å². The van der Waals surface area contributed by atoms with E-state index in [4.69, 9.17) is 11.6 Å². The van der Waals surface area contributed by atoms with Crippen molar-refractivity contribution in [3.63, 3.8) is 0 Å². The Hall–Kier alpha value is -0.230. The van der Waals surface area contributed by atoms with Crippen LogP contribution in [-0.4, -0.2) is 42.7 Å². The number of thiophene rings is 1. The van der Waals surface area contributed by atoms with E-state index in [0.29, 0.717) is 17.0 Å². The van der Waals surface area contributed by atoms with E-state index in [1.807, 2.05) is 6.26 Å². The molecule has 4 rings (SSSR count). The highest BCUT2D eigenvalue weighted by molar-refractivity contribution is 8.00. The zero-order valence-electron chi connectivity index (χ0n) is 10.8. The number of hydrogen-bond donors (Lipinski definition) is 1. The third-order valence-corrected chi connectivity index (χ3v) is 6.83. The molecule has 1 amide bonds. The summed E-state index contributed by atoms with van der Waals surface area (Å²) in [4.78, 5) is 15.5. The number of rotatable bonds is 3. The maximum absolute atomic E-state index is 12.3. The molecule has 2 bridgehead atoms. The van der Waals surface area contributed by atoms with E-state index in [2.05, 4.69) is 10.2 Å². The standard InChI is InChI=1S/C13H17ClN2OS2/c1-18-13-9(14)6-11(19-13)12(17)15-10-7-16-4-2-8(10)3-5-16/h6,8,10H,2-5,7H2,1H3,(H,15,17). The van der Waals surface area contributed by atoms with Crippen molar-refractivity contribution in [1.29, 1.82) is 0 Å². The molecule has 3 fully saturated rings. The predicted octanol–water partition coefficient (Wildman–Crippen LogP) is 2.95. The number of carbonyl (C=O) groups is 1. The molecule has 0 spiro atoms. The van der Waals surface area contributed by atoms with Gasteiger partial charge in [-0.2, -0.15) is 0 Å². The molecule has 1 aromatic rings. The molecule has 4 heterocycles. The lowest BCUT2D eigenvalue weighted by Crippen LogP contribution is -2.57. The van der Waals surface area contributed by atoms with Gasteiger partial charge in [0, 0.05) is 12.6 Å². The Bertz CT molecular complexity index is 483. The van der Waals surface area contributed by atoms with E-state index in [1.54, 1.807) is 17.8 Å². The average Bonchev–Trinajstić information content (AvgIpc) is 2.81. The van der Waals surface area contributed by atoms with Gasteiger partial charge in [0.1, 0.15) is 0 Å². The van der Waals surface area contributed by atoms with Gasteiger partial charge in [0.25, 0.3) is 5.91 Å². The molecule has 1 unspecified atom stereocenters. The quantitative estimate of drug-likeness (QED) is 0.870. The maximum atomic E-state index is 12.3. The zero-order valence-corrected chi connectivity index (χ0v) is 13.2. The van der Waals surface area contributed by atoms with Crippen molar-refractivity contribution in [2.75, 3.05) is 25.9 Å². The number of nitrogens with one attached hydrogen (secondary N) is 1. The Morgan fingerprint density at radius 2 is 2.26 bits per heavy atom. The van der Waals surface area contributed by atoms with Crippen LogP contribution in [0, 0.1) is 5.92 Å². The molecule has 1 aromatic heterocycles. The molecule has 1 N–H and O–H groups in total. The molecule has 0 aromatic carbocycles. The van der Waals surface area contributed by atoms with E-state index < -0.39 is 0 Å². The fourth-order valence-electron chi connectivity index (χ4n) is 2.97. The molecule has 0 saturated carbocycles. The molecule has 3 nitrogen and oxygen atoms in total. The third kappa shape index (κ3) is 2.79. The van der Waals surface area contributed by atoms with Crippen LogP contribution in [0.15, 0.2) is 10.3 Å². The van der Waals surface area contributed by atoms with Gasteiger partial charge in [0.05, 0.1) is 14.1 Å². The minimum Gasteiger partial charge on any atom is -0.347 e. The van der Waals surface area contributed by atoms with Gasteiger partial charge in [-0.3, -0.25) is 4.79 Å². The fourth-order valence-corrected chi connectivity index (χ4v) is 5.03. The lowest BCUT2D eigenvalue weighted by molar-refractivity contribution is 0.0622. The Morgan fingerprint density at radius 3 is 2.79 bits per heavy atom. The average molecular weight is 317 g/mol. The second-order valence-corrected chi connectivity index (χ2v) is 7.70. The topological polar surface area (TPSA) is 32.3 Å². The summed E-state index contributed by atoms with van der Waals surface area (Å²) in [6.45, 7) is 3.39. The van der Waals surface area contributed by atoms with Gasteiger partial charge in [0.2, 0.25) is 0 Å². The van der Waals surface area contributed by atoms with Gasteiger partial charge in [-0.25, -0.2) is 0 Å². The van der Waals surface area contributed by atoms with Crippen molar-refractivity contribution in [1.82, 2.24) is 10.2 Å². The largest absolute Gasteiger partial charge is 0.347 e. The van der Waals surface area contributed by atoms with E-state index >= 15 is 0 Å². The Morgan fingerprint density at radius 1 is 1.53 bits per heavy atom. The van der Waals surface area contributed by atoms with E-state index in [9.17, 15) is 4.79 Å². The van der Waals surface area contributed by atoms with Crippen LogP contribution >= 0.6 is 34.7 Å². The summed E-state index contributed by atoms with van der Waals surface area (Å²) in [6.07, 6.45) is 4.41. The fraction of sp³-hybridized carbons (Fsp3) is 0.615. The minimum atomic E-state index is 0.0333. The summed E-state index contributed by atoms with van der Waals surface area (Å²) in [5.41, 5.74) is 0. The third-order valence-electron chi connectivity index (χ3n) is 4.04. The van der Waals surface area contributed by atoms with Crippen molar-refractivity contribution in [2.24, 2.45) is 5.92 Å². The van der Waals surface area contributed by atoms with Gasteiger partial charge in [-0.15, -0.1) is 23.1 Å². The number of carbonyl (C=O) groups excluding carboxylic acids is 1. The van der Waals surface area contributed by atoms with Gasteiger partial charge >= 0.3 is 0 Å². The highest BCUT2D eigenvalue weighted by Crippen LogP contribution is 2.34. The molecule has 3 saturated heterocycles. The summed E-state index contributed by atoms with van der Waals surface area (Å²) < 4.78 is 1.01. The Labute approximate surface area is 126 Å². The number of amides is 1. The van der Waals surface area contributed by atoms with Gasteiger partial charge in [0.15, 0.2) is 0 Å². The number of nitrogens with zero attached hydrogens (tertiary/aromatic N) is 1. The summed E-state index contributed by atoms with van der Waals surface area (Å²) in [7, 11) is 0. The molecule has 1 atom stereocenters. The highest BCUT2D eigenvalue weighted by atomic mass is 35.5. The Kier molecular flexibility index (Phi) is 4.08. The molecule has 0 radical (unpaired) electrons. The summed E-state index contributed by atoms with van der Waals surface area (Å²) in [5.74, 6) is 0.690. The molecular formula is C13H17ClN2OS2. The van der Waals surface area contributed by atoms with E-state index in [1.165, 1.54) is 37.3 Å². The van der Waals surface area contributed by atoms with Crippen LogP contribution in [0.4, 0.5) is 0 Å². The summed E-state index contributed by atoms with van der Waals surface area (Å²) in [5, 5.41) is 3.88. The monoisotopic (exact) mass is 316 g/mol. The first kappa shape index (κ1) is 13.7. The van der Waals surface area contributed by atoms with Crippen LogP contribution in [0.3, 0.4) is 0 Å². The van der Waals surface area contributed by atoms with Crippen LogP contribution < -0.4 is 5.32 Å². The Balaban J connectivity index is 1.67. The van der Waals surface area contributed by atoms with Crippen molar-refractivity contribution in [2.45, 2.75) is 23.1 Å². The smallest absolute Gasteiger partial charge is 0.261 e. The highest BCUT2D eigenvalue weighted by Gasteiger charge is 2.35. The number of piperidine rings is 3. The summed E-state index contributed by atoms with van der Waals surface area (Å²) >= 11 is 9.17. The normalized spacial score (nSPS) is 29.5. The minimum absolute atomic E-state index is 0.0333. The van der Waals surface area contributed by atoms with Crippen molar-refractivity contribution < 1.29 is 4.79 Å². The maximum Gasteiger partial charge on any atom is 0.261 e. The first-order chi connectivity index (χ1) is 9.17. The first-order valence-electron chi connectivity index (χ1n) is 6.54. The molecular weight excluding hydrogens is 300 g/mol. The van der Waals surface area contributed by atoms with Crippen LogP contribution in [0.1, 0.15) is 22.5 Å². The lowest BCUT2D eigenvalue weighted by atomic mass is 9.84. The van der Waals surface area contributed by atoms with E-state index in [-0.39, 0.29) is 5.91 Å². The molecule has 3 aliphatic heterocycles. The molecule has 0 aliphatic carbocycles. The van der Waals surface area contributed by atoms with Crippen LogP contribution in [-0.2, 0) is 0 Å². The number of thioether (sulfide) groups is 1. The van der Waals surface area contributed by atoms with E-state index in [0.717, 1.165) is 15.6 Å². The number of hydrogen-bond acceptors (Lipinski definition) is 4. The van der Waals surface area contributed by atoms with Crippen molar-refractivity contribution in [3.8, 4) is 0 Å². The first-order valence-corrected chi connectivity index (χ1v) is 8.96. The predicted molar refractivity (Wildman–Crippen MR) is 81.5 cm³/mol. The molecule has 104 valence electrons. The van der Waals surface area contributed by atoms with Gasteiger partial charge in [-0.05, 0) is 44.2 Å². The molecule has 6 heteroatoms. The summed E-state index contributed by atoms with van der Waals surface area (Å²) in [6, 6.07) is 2.10. The van der Waals surface area contributed by atoms with Crippen molar-refractivity contribution >= 4 is 40.6 Å². The molecule has 3 aliphatic rings. The van der Waals surface area contributed by atoms with Gasteiger partial charge < -0.3 is 10.2 Å². The van der Waals surface area contributed by atoms with Gasteiger partial charge in [-0.1, -0.05) is 11.6 Å². The van der Waals surface area contributed by atoms with Crippen LogP contribution in [0.2, 0.25) is 5.02 Å². The zero-order chi connectivity index (χ0) is 13.4. The number of halogens is 1. The van der Waals surface area contributed by atoms with Crippen LogP contribution in [0.25, 0.3) is 0 Å². The lowest BCUT2D eigenvalue weighted by Gasteiger charge is -2.44. The second-order valence-electron chi connectivity index (χ2n) is 5.17. The molecule has 19 heavy (non-hydrogen) atoms. The van der Waals surface area contributed by atoms with Crippen molar-refractivity contribution in [3.05, 3.63) is 16.0 Å². The number of fused-ring (bicyclic) bond motifs is 3.